The maximum atomic E-state index is 11.3. The number of hydrogen-bond acceptors (Lipinski definition) is 1. The van der Waals surface area contributed by atoms with Crippen molar-refractivity contribution < 1.29 is 0 Å². The molecule has 66 valence electrons. The molecule has 1 heterocycles. The summed E-state index contributed by atoms with van der Waals surface area (Å²) in [6, 6.07) is 4.72. The molecule has 0 saturated carbocycles. The number of pyridine rings is 1. The van der Waals surface area contributed by atoms with Crippen molar-refractivity contribution in [3.8, 4) is 0 Å². The van der Waals surface area contributed by atoms with Gasteiger partial charge in [-0.2, -0.15) is 0 Å². The van der Waals surface area contributed by atoms with Crippen LogP contribution < -0.4 is 5.43 Å². The van der Waals surface area contributed by atoms with E-state index in [1.54, 1.807) is 18.3 Å². The van der Waals surface area contributed by atoms with Gasteiger partial charge in [0, 0.05) is 17.6 Å². The first-order valence-electron chi connectivity index (χ1n) is 3.65. The summed E-state index contributed by atoms with van der Waals surface area (Å²) in [6.45, 7) is 0. The van der Waals surface area contributed by atoms with E-state index in [4.69, 9.17) is 23.2 Å². The molecule has 0 atom stereocenters. The van der Waals surface area contributed by atoms with Gasteiger partial charge in [-0.1, -0.05) is 23.2 Å². The molecule has 0 unspecified atom stereocenters. The predicted molar refractivity (Wildman–Crippen MR) is 54.6 cm³/mol. The van der Waals surface area contributed by atoms with Gasteiger partial charge >= 0.3 is 0 Å². The Morgan fingerprint density at radius 1 is 1.15 bits per heavy atom. The largest absolute Gasteiger partial charge is 0.360 e. The molecular weight excluding hydrogens is 209 g/mol. The van der Waals surface area contributed by atoms with Crippen LogP contribution in [0.1, 0.15) is 0 Å². The second-order valence-electron chi connectivity index (χ2n) is 2.63. The summed E-state index contributed by atoms with van der Waals surface area (Å²) in [5.41, 5.74) is 0.522. The molecule has 0 spiro atoms. The molecule has 0 aliphatic carbocycles. The summed E-state index contributed by atoms with van der Waals surface area (Å²) in [7, 11) is 0. The minimum Gasteiger partial charge on any atom is -0.360 e. The minimum atomic E-state index is -0.0627. The Kier molecular flexibility index (Phi) is 2.02. The van der Waals surface area contributed by atoms with Gasteiger partial charge in [0.2, 0.25) is 0 Å². The normalized spacial score (nSPS) is 10.6. The van der Waals surface area contributed by atoms with Crippen molar-refractivity contribution in [2.24, 2.45) is 0 Å². The molecule has 1 N–H and O–H groups in total. The van der Waals surface area contributed by atoms with E-state index in [0.717, 1.165) is 0 Å². The Hall–Kier alpha value is -0.990. The number of benzene rings is 1. The van der Waals surface area contributed by atoms with Gasteiger partial charge in [0.25, 0.3) is 0 Å². The summed E-state index contributed by atoms with van der Waals surface area (Å²) < 4.78 is 0. The highest BCUT2D eigenvalue weighted by Crippen LogP contribution is 2.27. The lowest BCUT2D eigenvalue weighted by atomic mass is 10.2. The van der Waals surface area contributed by atoms with E-state index in [0.29, 0.717) is 20.9 Å². The summed E-state index contributed by atoms with van der Waals surface area (Å²) in [4.78, 5) is 14.2. The maximum Gasteiger partial charge on any atom is 0.189 e. The molecule has 0 saturated heterocycles. The first-order chi connectivity index (χ1) is 6.20. The highest BCUT2D eigenvalue weighted by atomic mass is 35.5. The van der Waals surface area contributed by atoms with Crippen molar-refractivity contribution in [2.45, 2.75) is 0 Å². The van der Waals surface area contributed by atoms with E-state index in [2.05, 4.69) is 4.98 Å². The molecule has 0 amide bonds. The highest BCUT2D eigenvalue weighted by molar-refractivity contribution is 6.44. The third kappa shape index (κ3) is 1.32. The Morgan fingerprint density at radius 2 is 1.92 bits per heavy atom. The lowest BCUT2D eigenvalue weighted by Gasteiger charge is -2.00. The zero-order chi connectivity index (χ0) is 9.42. The molecule has 4 heteroatoms. The van der Waals surface area contributed by atoms with Crippen LogP contribution >= 0.6 is 23.2 Å². The van der Waals surface area contributed by atoms with E-state index in [9.17, 15) is 4.79 Å². The molecule has 2 nitrogen and oxygen atoms in total. The number of hydrogen-bond donors (Lipinski definition) is 1. The standard InChI is InChI=1S/C9H5Cl2NO/c10-6-2-1-5-7(13)3-4-12-9(5)8(6)11/h1-4H,(H,12,13). The monoisotopic (exact) mass is 213 g/mol. The Labute approximate surface area is 84.1 Å². The third-order valence-corrected chi connectivity index (χ3v) is 2.63. The van der Waals surface area contributed by atoms with Crippen molar-refractivity contribution in [3.05, 3.63) is 44.7 Å². The number of fused-ring (bicyclic) bond motifs is 1. The second-order valence-corrected chi connectivity index (χ2v) is 3.41. The number of nitrogens with one attached hydrogen (secondary N) is 1. The lowest BCUT2D eigenvalue weighted by molar-refractivity contribution is 1.39. The second kappa shape index (κ2) is 3.05. The zero-order valence-electron chi connectivity index (χ0n) is 6.47. The molecule has 1 aromatic carbocycles. The van der Waals surface area contributed by atoms with Crippen LogP contribution in [0.5, 0.6) is 0 Å². The average Bonchev–Trinajstić information content (AvgIpc) is 2.12. The Morgan fingerprint density at radius 3 is 2.69 bits per heavy atom. The van der Waals surface area contributed by atoms with Gasteiger partial charge in [-0.25, -0.2) is 0 Å². The van der Waals surface area contributed by atoms with Gasteiger partial charge in [-0.15, -0.1) is 0 Å². The Balaban J connectivity index is 3.03. The maximum absolute atomic E-state index is 11.3. The molecule has 13 heavy (non-hydrogen) atoms. The minimum absolute atomic E-state index is 0.0627. The first-order valence-corrected chi connectivity index (χ1v) is 4.41. The number of rotatable bonds is 0. The molecule has 1 aromatic heterocycles. The molecule has 0 aliphatic rings. The smallest absolute Gasteiger partial charge is 0.189 e. The van der Waals surface area contributed by atoms with E-state index >= 15 is 0 Å². The molecule has 0 bridgehead atoms. The first kappa shape index (κ1) is 8.60. The average molecular weight is 214 g/mol. The number of halogens is 2. The fraction of sp³-hybridized carbons (Fsp3) is 0. The highest BCUT2D eigenvalue weighted by Gasteiger charge is 2.05. The molecule has 0 aliphatic heterocycles. The fourth-order valence-corrected chi connectivity index (χ4v) is 1.56. The number of aromatic nitrogens is 1. The van der Waals surface area contributed by atoms with E-state index in [-0.39, 0.29) is 5.43 Å². The predicted octanol–water partition coefficient (Wildman–Crippen LogP) is 2.83. The van der Waals surface area contributed by atoms with Gasteiger partial charge in [0.05, 0.1) is 15.6 Å². The van der Waals surface area contributed by atoms with Crippen molar-refractivity contribution >= 4 is 34.1 Å². The van der Waals surface area contributed by atoms with Crippen molar-refractivity contribution in [3.63, 3.8) is 0 Å². The third-order valence-electron chi connectivity index (χ3n) is 1.82. The van der Waals surface area contributed by atoms with Crippen LogP contribution in [-0.2, 0) is 0 Å². The summed E-state index contributed by atoms with van der Waals surface area (Å²) >= 11 is 11.7. The van der Waals surface area contributed by atoms with E-state index in [1.165, 1.54) is 6.07 Å². The molecule has 2 aromatic rings. The van der Waals surface area contributed by atoms with Gasteiger partial charge in [-0.05, 0) is 12.1 Å². The summed E-state index contributed by atoms with van der Waals surface area (Å²) in [5, 5.41) is 1.38. The van der Waals surface area contributed by atoms with Gasteiger partial charge < -0.3 is 4.98 Å². The van der Waals surface area contributed by atoms with Crippen LogP contribution in [0.2, 0.25) is 10.0 Å². The van der Waals surface area contributed by atoms with Crippen LogP contribution in [0.15, 0.2) is 29.2 Å². The summed E-state index contributed by atoms with van der Waals surface area (Å²) in [5.74, 6) is 0. The Bertz CT molecular complexity index is 518. The SMILES string of the molecule is O=c1cc[nH]c2c(Cl)c(Cl)ccc12. The van der Waals surface area contributed by atoms with E-state index < -0.39 is 0 Å². The quantitative estimate of drug-likeness (QED) is 0.718. The summed E-state index contributed by atoms with van der Waals surface area (Å²) in [6.07, 6.45) is 1.55. The molecule has 2 rings (SSSR count). The van der Waals surface area contributed by atoms with Crippen molar-refractivity contribution in [2.75, 3.05) is 0 Å². The molecule has 0 radical (unpaired) electrons. The lowest BCUT2D eigenvalue weighted by Crippen LogP contribution is -1.99. The van der Waals surface area contributed by atoms with E-state index in [1.807, 2.05) is 0 Å². The van der Waals surface area contributed by atoms with Gasteiger partial charge in [-0.3, -0.25) is 4.79 Å². The number of H-pyrrole nitrogens is 1. The fourth-order valence-electron chi connectivity index (χ4n) is 1.19. The van der Waals surface area contributed by atoms with Crippen LogP contribution in [0.4, 0.5) is 0 Å². The van der Waals surface area contributed by atoms with Gasteiger partial charge in [0.1, 0.15) is 0 Å². The topological polar surface area (TPSA) is 32.9 Å². The van der Waals surface area contributed by atoms with Crippen LogP contribution in [0.25, 0.3) is 10.9 Å². The van der Waals surface area contributed by atoms with Crippen LogP contribution in [0.3, 0.4) is 0 Å². The van der Waals surface area contributed by atoms with Crippen LogP contribution in [0, 0.1) is 0 Å². The zero-order valence-corrected chi connectivity index (χ0v) is 7.99. The van der Waals surface area contributed by atoms with Crippen LogP contribution in [-0.4, -0.2) is 4.98 Å². The van der Waals surface area contributed by atoms with Crippen molar-refractivity contribution in [1.82, 2.24) is 4.98 Å². The van der Waals surface area contributed by atoms with Crippen molar-refractivity contribution in [1.29, 1.82) is 0 Å². The molecular formula is C9H5Cl2NO. The van der Waals surface area contributed by atoms with Gasteiger partial charge in [0.15, 0.2) is 5.43 Å². The molecule has 0 fully saturated rings. The number of aromatic amines is 1.